The second-order valence-corrected chi connectivity index (χ2v) is 17.3. The molecule has 4 aliphatic heterocycles. The van der Waals surface area contributed by atoms with Crippen LogP contribution in [0.5, 0.6) is 0 Å². The van der Waals surface area contributed by atoms with Gasteiger partial charge < -0.3 is 115 Å². The summed E-state index contributed by atoms with van der Waals surface area (Å²) in [7, 11) is 1.31. The second kappa shape index (κ2) is 26.5. The third-order valence-electron chi connectivity index (χ3n) is 12.2. The smallest absolute Gasteiger partial charge is 0.364 e. The van der Waals surface area contributed by atoms with Crippen LogP contribution in [0.15, 0.2) is 0 Å². The molecule has 0 saturated carbocycles. The maximum Gasteiger partial charge on any atom is 0.364 e. The van der Waals surface area contributed by atoms with E-state index in [-0.39, 0.29) is 12.6 Å². The van der Waals surface area contributed by atoms with Crippen molar-refractivity contribution in [2.75, 3.05) is 33.5 Å². The molecule has 4 saturated heterocycles. The van der Waals surface area contributed by atoms with E-state index in [4.69, 9.17) is 37.9 Å². The van der Waals surface area contributed by atoms with Gasteiger partial charge in [-0.3, -0.25) is 14.4 Å². The molecule has 68 heavy (non-hydrogen) atoms. The molecule has 394 valence electrons. The SMILES string of the molecule is COC(=O)CCCCCCCCO[C@@H]1O[C@H](CO)[C@@H](O[C@@H]2O[C@@H](C)[C@@H](O)[C@@H](O)[C@@H]2O)[C@H](O[C@@H]2O[C@H](CO)[C@H](O)[C@H](O[C@]3(C(=O)O)C[C@H](O)[C@@H](NC(C)=O)[C@H]([C@H](O)[C@H](O)CO)O3)[C@H]2O)[C@H]1NC(C)=O. The number of aliphatic carboxylic acids is 1. The van der Waals surface area contributed by atoms with Crippen molar-refractivity contribution >= 4 is 23.8 Å². The van der Waals surface area contributed by atoms with Crippen LogP contribution in [0.4, 0.5) is 0 Å². The Bertz CT molecular complexity index is 1600. The lowest BCUT2D eigenvalue weighted by molar-refractivity contribution is -0.390. The van der Waals surface area contributed by atoms with E-state index in [0.717, 1.165) is 33.1 Å². The number of nitrogens with one attached hydrogen (secondary N) is 2. The van der Waals surface area contributed by atoms with Gasteiger partial charge in [-0.1, -0.05) is 25.7 Å². The van der Waals surface area contributed by atoms with Crippen molar-refractivity contribution in [1.29, 1.82) is 0 Å². The van der Waals surface area contributed by atoms with Gasteiger partial charge in [0.1, 0.15) is 85.4 Å². The molecule has 4 aliphatic rings. The molecule has 0 radical (unpaired) electrons. The highest BCUT2D eigenvalue weighted by atomic mass is 16.8. The van der Waals surface area contributed by atoms with Crippen molar-refractivity contribution in [1.82, 2.24) is 10.6 Å². The predicted octanol–water partition coefficient (Wildman–Crippen LogP) is -6.30. The van der Waals surface area contributed by atoms with E-state index in [1.54, 1.807) is 0 Å². The molecule has 14 N–H and O–H groups in total. The van der Waals surface area contributed by atoms with E-state index in [9.17, 15) is 80.5 Å². The number of carbonyl (C=O) groups is 4. The van der Waals surface area contributed by atoms with Crippen LogP contribution in [0.25, 0.3) is 0 Å². The first-order valence-corrected chi connectivity index (χ1v) is 22.5. The van der Waals surface area contributed by atoms with Gasteiger partial charge in [0, 0.05) is 33.3 Å². The van der Waals surface area contributed by atoms with Gasteiger partial charge in [-0.25, -0.2) is 4.79 Å². The van der Waals surface area contributed by atoms with Crippen LogP contribution < -0.4 is 10.6 Å². The molecule has 0 aliphatic carbocycles. The molecule has 27 nitrogen and oxygen atoms in total. The summed E-state index contributed by atoms with van der Waals surface area (Å²) in [5.41, 5.74) is 0. The molecule has 0 unspecified atom stereocenters. The summed E-state index contributed by atoms with van der Waals surface area (Å²) in [6, 6.07) is -3.09. The van der Waals surface area contributed by atoms with Crippen LogP contribution in [0.1, 0.15) is 72.1 Å². The molecule has 0 aromatic heterocycles. The van der Waals surface area contributed by atoms with E-state index in [2.05, 4.69) is 15.4 Å². The summed E-state index contributed by atoms with van der Waals surface area (Å²) in [6.07, 6.45) is -30.0. The highest BCUT2D eigenvalue weighted by molar-refractivity contribution is 5.77. The maximum atomic E-state index is 13.1. The van der Waals surface area contributed by atoms with Gasteiger partial charge >= 0.3 is 11.9 Å². The first-order valence-electron chi connectivity index (χ1n) is 22.5. The highest BCUT2D eigenvalue weighted by Gasteiger charge is 2.61. The van der Waals surface area contributed by atoms with Crippen molar-refractivity contribution < 1.29 is 123 Å². The molecule has 0 aromatic carbocycles. The fraction of sp³-hybridized carbons (Fsp3) is 0.902. The summed E-state index contributed by atoms with van der Waals surface area (Å²) in [5.74, 6) is -6.94. The standard InChI is InChI=1S/C41H70N2O25/c1-17-27(52)30(55)31(56)38(62-17)65-33-23(16-46)64-37(61-12-10-8-6-5-7-9-11-24(51)60-4)26(43-19(3)48)35(33)66-39-32(57)36(29(54)22(15-45)63-39)68-41(40(58)59)13-20(49)25(42-18(2)47)34(67-41)28(53)21(50)14-44/h17,20-23,25-39,44-46,49-50,52-57H,5-16H2,1-4H3,(H,42,47)(H,43,48)(H,58,59)/t17-,20-,21+,22+,23+,25+,26+,27+,28+,29-,30+,31-,32+,33+,34+,35+,36-,37+,38-,39-,41-/m0/s1. The van der Waals surface area contributed by atoms with Crippen LogP contribution in [0.3, 0.4) is 0 Å². The summed E-state index contributed by atoms with van der Waals surface area (Å²) in [4.78, 5) is 49.4. The average molecular weight is 991 g/mol. The number of aliphatic hydroxyl groups is 11. The Kier molecular flexibility index (Phi) is 22.5. The van der Waals surface area contributed by atoms with Crippen LogP contribution in [0.2, 0.25) is 0 Å². The number of carboxylic acid groups (broad SMARTS) is 1. The molecule has 27 heteroatoms. The number of rotatable bonds is 24. The molecule has 0 spiro atoms. The molecule has 2 amide bonds. The third kappa shape index (κ3) is 14.4. The topological polar surface area (TPSA) is 418 Å². The quantitative estimate of drug-likeness (QED) is 0.0316. The Morgan fingerprint density at radius 1 is 0.691 bits per heavy atom. The van der Waals surface area contributed by atoms with Gasteiger partial charge in [-0.05, 0) is 19.8 Å². The lowest BCUT2D eigenvalue weighted by Gasteiger charge is -2.51. The average Bonchev–Trinajstić information content (AvgIpc) is 3.30. The number of aliphatic hydroxyl groups excluding tert-OH is 11. The fourth-order valence-corrected chi connectivity index (χ4v) is 8.50. The largest absolute Gasteiger partial charge is 0.477 e. The van der Waals surface area contributed by atoms with E-state index in [0.29, 0.717) is 25.7 Å². The number of hydrogen-bond acceptors (Lipinski definition) is 24. The van der Waals surface area contributed by atoms with E-state index in [1.807, 2.05) is 0 Å². The normalized spacial score (nSPS) is 39.6. The molecule has 0 bridgehead atoms. The lowest BCUT2D eigenvalue weighted by atomic mass is 9.88. The molecule has 4 rings (SSSR count). The van der Waals surface area contributed by atoms with Gasteiger partial charge in [0.25, 0.3) is 5.79 Å². The molecule has 0 aromatic rings. The Morgan fingerprint density at radius 3 is 1.85 bits per heavy atom. The summed E-state index contributed by atoms with van der Waals surface area (Å²) in [5, 5.41) is 134. The van der Waals surface area contributed by atoms with Crippen molar-refractivity contribution in [2.24, 2.45) is 0 Å². The zero-order chi connectivity index (χ0) is 50.6. The Hall–Kier alpha value is -2.88. The second-order valence-electron chi connectivity index (χ2n) is 17.3. The number of methoxy groups -OCH3 is 1. The number of esters is 1. The Balaban J connectivity index is 1.69. The van der Waals surface area contributed by atoms with Crippen molar-refractivity contribution in [3.05, 3.63) is 0 Å². The Labute approximate surface area is 391 Å². The molecule has 21 atom stereocenters. The minimum atomic E-state index is -3.13. The van der Waals surface area contributed by atoms with Crippen molar-refractivity contribution in [2.45, 2.75) is 200 Å². The molecular formula is C41H70N2O25. The summed E-state index contributed by atoms with van der Waals surface area (Å²) < 4.78 is 52.2. The number of ether oxygens (including phenoxy) is 9. The minimum Gasteiger partial charge on any atom is -0.477 e. The monoisotopic (exact) mass is 990 g/mol. The predicted molar refractivity (Wildman–Crippen MR) is 221 cm³/mol. The minimum absolute atomic E-state index is 0.0134. The van der Waals surface area contributed by atoms with Crippen molar-refractivity contribution in [3.63, 3.8) is 0 Å². The third-order valence-corrected chi connectivity index (χ3v) is 12.2. The van der Waals surface area contributed by atoms with E-state index < -0.39 is 172 Å². The Morgan fingerprint density at radius 2 is 1.26 bits per heavy atom. The maximum absolute atomic E-state index is 13.1. The fourth-order valence-electron chi connectivity index (χ4n) is 8.50. The molecular weight excluding hydrogens is 920 g/mol. The number of carboxylic acids is 1. The first kappa shape index (κ1) is 57.7. The first-order chi connectivity index (χ1) is 32.1. The summed E-state index contributed by atoms with van der Waals surface area (Å²) in [6.45, 7) is 0.508. The number of carbonyl (C=O) groups excluding carboxylic acids is 3. The lowest BCUT2D eigenvalue weighted by Crippen LogP contribution is -2.71. The van der Waals surface area contributed by atoms with Crippen molar-refractivity contribution in [3.8, 4) is 0 Å². The van der Waals surface area contributed by atoms with Gasteiger partial charge in [-0.2, -0.15) is 0 Å². The van der Waals surface area contributed by atoms with Gasteiger partial charge in [-0.15, -0.1) is 0 Å². The molecule has 4 fully saturated rings. The van der Waals surface area contributed by atoms with E-state index >= 15 is 0 Å². The van der Waals surface area contributed by atoms with Gasteiger partial charge in [0.15, 0.2) is 18.9 Å². The van der Waals surface area contributed by atoms with Gasteiger partial charge in [0.05, 0.1) is 45.2 Å². The summed E-state index contributed by atoms with van der Waals surface area (Å²) >= 11 is 0. The van der Waals surface area contributed by atoms with Crippen LogP contribution in [-0.2, 0) is 61.8 Å². The van der Waals surface area contributed by atoms with Gasteiger partial charge in [0.2, 0.25) is 11.8 Å². The zero-order valence-electron chi connectivity index (χ0n) is 38.2. The zero-order valence-corrected chi connectivity index (χ0v) is 38.2. The number of unbranched alkanes of at least 4 members (excludes halogenated alkanes) is 5. The number of amides is 2. The van der Waals surface area contributed by atoms with E-state index in [1.165, 1.54) is 14.0 Å². The number of hydrogen-bond donors (Lipinski definition) is 14. The van der Waals surface area contributed by atoms with Crippen LogP contribution in [-0.4, -0.2) is 247 Å². The molecule has 4 heterocycles. The highest BCUT2D eigenvalue weighted by Crippen LogP contribution is 2.39. The van der Waals surface area contributed by atoms with Crippen LogP contribution >= 0.6 is 0 Å². The van der Waals surface area contributed by atoms with Crippen LogP contribution in [0, 0.1) is 0 Å².